The van der Waals surface area contributed by atoms with Crippen LogP contribution in [0.2, 0.25) is 5.02 Å². The number of pyridine rings is 1. The fourth-order valence-electron chi connectivity index (χ4n) is 2.81. The summed E-state index contributed by atoms with van der Waals surface area (Å²) in [6, 6.07) is 9.67. The third-order valence-electron chi connectivity index (χ3n) is 4.26. The second-order valence-electron chi connectivity index (χ2n) is 6.59. The lowest BCUT2D eigenvalue weighted by Crippen LogP contribution is -2.19. The number of hydrogen-bond donors (Lipinski definition) is 3. The number of halogens is 1. The molecule has 0 radical (unpaired) electrons. The zero-order valence-electron chi connectivity index (χ0n) is 16.4. The summed E-state index contributed by atoms with van der Waals surface area (Å²) in [6.07, 6.45) is 4.76. The zero-order valence-corrected chi connectivity index (χ0v) is 17.2. The molecular weight excluding hydrogens is 438 g/mol. The van der Waals surface area contributed by atoms with Crippen molar-refractivity contribution in [1.29, 1.82) is 0 Å². The highest BCUT2D eigenvalue weighted by atomic mass is 35.5. The third-order valence-corrected chi connectivity index (χ3v) is 4.49. The molecule has 0 atom stereocenters. The molecule has 3 heterocycles. The first-order valence-electron chi connectivity index (χ1n) is 9.28. The van der Waals surface area contributed by atoms with E-state index < -0.39 is 5.97 Å². The summed E-state index contributed by atoms with van der Waals surface area (Å²) in [5, 5.41) is 26.7. The first-order valence-corrected chi connectivity index (χ1v) is 9.66. The van der Waals surface area contributed by atoms with Crippen LogP contribution in [0.5, 0.6) is 5.75 Å². The molecule has 0 aliphatic carbocycles. The molecule has 162 valence electrons. The second-order valence-corrected chi connectivity index (χ2v) is 7.03. The van der Waals surface area contributed by atoms with Crippen LogP contribution in [0.3, 0.4) is 0 Å². The van der Waals surface area contributed by atoms with Crippen molar-refractivity contribution in [3.63, 3.8) is 0 Å². The van der Waals surface area contributed by atoms with Crippen LogP contribution in [-0.4, -0.2) is 47.2 Å². The normalized spacial score (nSPS) is 10.7. The number of ether oxygens (including phenoxy) is 1. The Labute approximate surface area is 186 Å². The van der Waals surface area contributed by atoms with Gasteiger partial charge in [0.05, 0.1) is 11.9 Å². The number of carboxylic acid groups (broad SMARTS) is 1. The van der Waals surface area contributed by atoms with E-state index >= 15 is 0 Å². The molecule has 0 bridgehead atoms. The Bertz CT molecular complexity index is 1260. The number of aromatic carboxylic acids is 1. The predicted molar refractivity (Wildman–Crippen MR) is 113 cm³/mol. The minimum atomic E-state index is -1.13. The van der Waals surface area contributed by atoms with Gasteiger partial charge in [0.1, 0.15) is 30.3 Å². The summed E-state index contributed by atoms with van der Waals surface area (Å²) in [7, 11) is 0. The van der Waals surface area contributed by atoms with E-state index in [1.807, 2.05) is 0 Å². The van der Waals surface area contributed by atoms with Crippen molar-refractivity contribution in [2.75, 3.05) is 5.32 Å². The molecule has 0 aliphatic rings. The molecule has 0 saturated heterocycles. The molecule has 0 fully saturated rings. The molecule has 0 unspecified atom stereocenters. The van der Waals surface area contributed by atoms with Gasteiger partial charge in [0.25, 0.3) is 0 Å². The van der Waals surface area contributed by atoms with Gasteiger partial charge in [-0.1, -0.05) is 16.8 Å². The summed E-state index contributed by atoms with van der Waals surface area (Å²) in [5.41, 5.74) is 1.96. The molecule has 4 rings (SSSR count). The largest absolute Gasteiger partial charge is 0.486 e. The number of carboxylic acids is 1. The molecule has 1 amide bonds. The molecule has 12 heteroatoms. The molecule has 11 nitrogen and oxygen atoms in total. The molecule has 0 saturated carbocycles. The molecule has 3 N–H and O–H groups in total. The maximum Gasteiger partial charge on any atom is 0.353 e. The van der Waals surface area contributed by atoms with Crippen LogP contribution in [0.1, 0.15) is 16.2 Å². The number of H-pyrrole nitrogens is 1. The van der Waals surface area contributed by atoms with E-state index in [-0.39, 0.29) is 24.8 Å². The number of benzene rings is 1. The molecule has 4 aromatic rings. The van der Waals surface area contributed by atoms with Gasteiger partial charge in [0.15, 0.2) is 0 Å². The molecule has 0 aliphatic heterocycles. The minimum absolute atomic E-state index is 0.0211. The van der Waals surface area contributed by atoms with Crippen LogP contribution in [0.25, 0.3) is 11.3 Å². The summed E-state index contributed by atoms with van der Waals surface area (Å²) in [5.74, 6) is -0.957. The average molecular weight is 454 g/mol. The third kappa shape index (κ3) is 5.08. The van der Waals surface area contributed by atoms with Gasteiger partial charge in [0, 0.05) is 28.7 Å². The number of carbonyl (C=O) groups excluding carboxylic acids is 1. The summed E-state index contributed by atoms with van der Waals surface area (Å²) in [4.78, 5) is 27.1. The van der Waals surface area contributed by atoms with Crippen LogP contribution in [-0.2, 0) is 17.9 Å². The van der Waals surface area contributed by atoms with E-state index in [0.29, 0.717) is 33.4 Å². The Hall–Kier alpha value is -4.25. The number of hydrogen-bond acceptors (Lipinski definition) is 7. The summed E-state index contributed by atoms with van der Waals surface area (Å²) >= 11 is 6.09. The number of anilines is 1. The first-order chi connectivity index (χ1) is 15.5. The number of aromatic nitrogens is 6. The highest BCUT2D eigenvalue weighted by molar-refractivity contribution is 6.31. The standard InChI is InChI=1S/C20H16ClN7O4/c21-12-1-2-18(15(7-12)16-8-17(20(30)31)26-25-16)32-11-14-9-28(27-24-14)10-19(29)23-13-3-5-22-6-4-13/h1-9H,10-11H2,(H,25,26)(H,30,31)(H,22,23,29). The Balaban J connectivity index is 1.41. The zero-order chi connectivity index (χ0) is 22.5. The molecule has 3 aromatic heterocycles. The smallest absolute Gasteiger partial charge is 0.353 e. The Morgan fingerprint density at radius 3 is 2.75 bits per heavy atom. The van der Waals surface area contributed by atoms with Gasteiger partial charge in [-0.25, -0.2) is 9.48 Å². The van der Waals surface area contributed by atoms with E-state index in [4.69, 9.17) is 21.4 Å². The van der Waals surface area contributed by atoms with Gasteiger partial charge in [-0.2, -0.15) is 5.10 Å². The lowest BCUT2D eigenvalue weighted by atomic mass is 10.1. The lowest BCUT2D eigenvalue weighted by molar-refractivity contribution is -0.116. The second kappa shape index (κ2) is 9.27. The molecular formula is C20H16ClN7O4. The number of aromatic amines is 1. The number of nitrogens with one attached hydrogen (secondary N) is 2. The van der Waals surface area contributed by atoms with E-state index in [1.54, 1.807) is 48.9 Å². The van der Waals surface area contributed by atoms with Gasteiger partial charge < -0.3 is 15.2 Å². The number of rotatable bonds is 8. The molecule has 0 spiro atoms. The highest BCUT2D eigenvalue weighted by Gasteiger charge is 2.15. The predicted octanol–water partition coefficient (Wildman–Crippen LogP) is 2.63. The van der Waals surface area contributed by atoms with Gasteiger partial charge in [-0.05, 0) is 36.4 Å². The quantitative estimate of drug-likeness (QED) is 0.368. The molecule has 32 heavy (non-hydrogen) atoms. The van der Waals surface area contributed by atoms with E-state index in [2.05, 4.69) is 30.8 Å². The number of nitrogens with zero attached hydrogens (tertiary/aromatic N) is 5. The maximum absolute atomic E-state index is 12.1. The topological polar surface area (TPSA) is 148 Å². The van der Waals surface area contributed by atoms with Crippen molar-refractivity contribution in [3.05, 3.63) is 71.4 Å². The van der Waals surface area contributed by atoms with Crippen molar-refractivity contribution in [3.8, 4) is 17.0 Å². The van der Waals surface area contributed by atoms with Crippen molar-refractivity contribution in [1.82, 2.24) is 30.2 Å². The monoisotopic (exact) mass is 453 g/mol. The van der Waals surface area contributed by atoms with Gasteiger partial charge in [-0.15, -0.1) is 5.10 Å². The van der Waals surface area contributed by atoms with Crippen LogP contribution >= 0.6 is 11.6 Å². The van der Waals surface area contributed by atoms with E-state index in [1.165, 1.54) is 10.7 Å². The van der Waals surface area contributed by atoms with Crippen LogP contribution in [0.4, 0.5) is 5.69 Å². The Kier molecular flexibility index (Phi) is 6.08. The highest BCUT2D eigenvalue weighted by Crippen LogP contribution is 2.32. The van der Waals surface area contributed by atoms with Crippen LogP contribution in [0.15, 0.2) is 55.0 Å². The molecule has 1 aromatic carbocycles. The number of amides is 1. The van der Waals surface area contributed by atoms with Crippen molar-refractivity contribution >= 4 is 29.2 Å². The average Bonchev–Trinajstić information content (AvgIpc) is 3.43. The van der Waals surface area contributed by atoms with Crippen LogP contribution < -0.4 is 10.1 Å². The van der Waals surface area contributed by atoms with Gasteiger partial charge in [0.2, 0.25) is 5.91 Å². The van der Waals surface area contributed by atoms with Gasteiger partial charge in [-0.3, -0.25) is 14.9 Å². The van der Waals surface area contributed by atoms with E-state index in [9.17, 15) is 9.59 Å². The summed E-state index contributed by atoms with van der Waals surface area (Å²) < 4.78 is 7.23. The maximum atomic E-state index is 12.1. The van der Waals surface area contributed by atoms with Crippen molar-refractivity contribution in [2.45, 2.75) is 13.2 Å². The Morgan fingerprint density at radius 1 is 1.19 bits per heavy atom. The SMILES string of the molecule is O=C(Cn1cc(COc2ccc(Cl)cc2-c2cc(C(=O)O)[nH]n2)nn1)Nc1ccncc1. The van der Waals surface area contributed by atoms with E-state index in [0.717, 1.165) is 0 Å². The van der Waals surface area contributed by atoms with Crippen molar-refractivity contribution in [2.24, 2.45) is 0 Å². The fourth-order valence-corrected chi connectivity index (χ4v) is 2.99. The Morgan fingerprint density at radius 2 is 2.00 bits per heavy atom. The van der Waals surface area contributed by atoms with Crippen LogP contribution in [0, 0.1) is 0 Å². The lowest BCUT2D eigenvalue weighted by Gasteiger charge is -2.09. The first kappa shape index (κ1) is 21.0. The number of carbonyl (C=O) groups is 2. The minimum Gasteiger partial charge on any atom is -0.486 e. The van der Waals surface area contributed by atoms with Crippen molar-refractivity contribution < 1.29 is 19.4 Å². The van der Waals surface area contributed by atoms with Gasteiger partial charge >= 0.3 is 5.97 Å². The summed E-state index contributed by atoms with van der Waals surface area (Å²) in [6.45, 7) is 0.0452. The fraction of sp³-hybridized carbons (Fsp3) is 0.100.